The molecule has 2 aliphatic rings. The van der Waals surface area contributed by atoms with E-state index in [1.165, 1.54) is 6.07 Å². The zero-order valence-electron chi connectivity index (χ0n) is 16.8. The fourth-order valence-corrected chi connectivity index (χ4v) is 3.97. The molecule has 0 aliphatic carbocycles. The van der Waals surface area contributed by atoms with Crippen molar-refractivity contribution in [1.82, 2.24) is 14.8 Å². The molecule has 2 fully saturated rings. The van der Waals surface area contributed by atoms with Crippen molar-refractivity contribution in [3.63, 3.8) is 0 Å². The number of hydrogen-bond donors (Lipinski definition) is 1. The van der Waals surface area contributed by atoms with Crippen LogP contribution in [-0.2, 0) is 0 Å². The first-order valence-electron chi connectivity index (χ1n) is 10.2. The minimum atomic E-state index is -0.816. The number of benzene rings is 1. The molecule has 160 valence electrons. The van der Waals surface area contributed by atoms with Gasteiger partial charge in [0.05, 0.1) is 5.69 Å². The van der Waals surface area contributed by atoms with Gasteiger partial charge in [0.2, 0.25) is 0 Å². The molecule has 3 amide bonds. The number of aryl methyl sites for hydroxylation is 1. The lowest BCUT2D eigenvalue weighted by molar-refractivity contribution is 0.0786. The topological polar surface area (TPSA) is 78.7 Å². The summed E-state index contributed by atoms with van der Waals surface area (Å²) >= 11 is 0. The van der Waals surface area contributed by atoms with Gasteiger partial charge in [0.1, 0.15) is 17.4 Å². The Balaban J connectivity index is 1.36. The van der Waals surface area contributed by atoms with E-state index in [0.717, 1.165) is 38.1 Å². The van der Waals surface area contributed by atoms with E-state index in [1.807, 2.05) is 0 Å². The van der Waals surface area contributed by atoms with E-state index in [9.17, 15) is 18.4 Å². The molecule has 3 heterocycles. The molecule has 9 heteroatoms. The lowest BCUT2D eigenvalue weighted by atomic mass is 9.97. The number of likely N-dealkylation sites (tertiary alicyclic amines) is 2. The Bertz CT molecular complexity index is 948. The highest BCUT2D eigenvalue weighted by Gasteiger charge is 2.30. The van der Waals surface area contributed by atoms with Crippen LogP contribution < -0.4 is 5.32 Å². The van der Waals surface area contributed by atoms with Gasteiger partial charge in [0.15, 0.2) is 11.6 Å². The summed E-state index contributed by atoms with van der Waals surface area (Å²) in [4.78, 5) is 32.9. The number of oxazole rings is 1. The molecule has 0 unspecified atom stereocenters. The minimum absolute atomic E-state index is 0.00966. The molecule has 0 spiro atoms. The standard InChI is InChI=1S/C21H24F2N4O3/c1-13-18(20(28)26-8-2-3-9-26)25-19(30-13)14-6-10-27(11-7-14)21(29)24-17-5-4-15(22)12-16(17)23/h4-5,12,14H,2-3,6-11H2,1H3,(H,24,29). The summed E-state index contributed by atoms with van der Waals surface area (Å²) in [5.74, 6) is -0.541. The largest absolute Gasteiger partial charge is 0.445 e. The molecule has 0 bridgehead atoms. The summed E-state index contributed by atoms with van der Waals surface area (Å²) in [5.41, 5.74) is 0.316. The van der Waals surface area contributed by atoms with Gasteiger partial charge in [-0.2, -0.15) is 0 Å². The zero-order chi connectivity index (χ0) is 21.3. The summed E-state index contributed by atoms with van der Waals surface area (Å²) in [6.45, 7) is 4.14. The average molecular weight is 418 g/mol. The van der Waals surface area contributed by atoms with E-state index < -0.39 is 17.7 Å². The summed E-state index contributed by atoms with van der Waals surface area (Å²) in [6, 6.07) is 2.58. The fourth-order valence-electron chi connectivity index (χ4n) is 3.97. The highest BCUT2D eigenvalue weighted by molar-refractivity contribution is 5.93. The summed E-state index contributed by atoms with van der Waals surface area (Å²) in [5, 5.41) is 2.48. The maximum Gasteiger partial charge on any atom is 0.321 e. The quantitative estimate of drug-likeness (QED) is 0.820. The number of piperidine rings is 1. The number of urea groups is 1. The van der Waals surface area contributed by atoms with Crippen LogP contribution in [-0.4, -0.2) is 52.9 Å². The number of rotatable bonds is 3. The molecule has 0 saturated carbocycles. The summed E-state index contributed by atoms with van der Waals surface area (Å²) in [7, 11) is 0. The second-order valence-electron chi connectivity index (χ2n) is 7.77. The van der Waals surface area contributed by atoms with Crippen molar-refractivity contribution >= 4 is 17.6 Å². The number of anilines is 1. The van der Waals surface area contributed by atoms with E-state index in [4.69, 9.17) is 4.42 Å². The zero-order valence-corrected chi connectivity index (χ0v) is 16.8. The molecule has 4 rings (SSSR count). The molecule has 2 aromatic rings. The number of halogens is 2. The van der Waals surface area contributed by atoms with Gasteiger partial charge in [-0.1, -0.05) is 0 Å². The van der Waals surface area contributed by atoms with Crippen molar-refractivity contribution in [1.29, 1.82) is 0 Å². The predicted molar refractivity (Wildman–Crippen MR) is 105 cm³/mol. The average Bonchev–Trinajstić information content (AvgIpc) is 3.40. The van der Waals surface area contributed by atoms with Crippen LogP contribution in [0.25, 0.3) is 0 Å². The van der Waals surface area contributed by atoms with Gasteiger partial charge >= 0.3 is 6.03 Å². The van der Waals surface area contributed by atoms with Crippen molar-refractivity contribution < 1.29 is 22.8 Å². The van der Waals surface area contributed by atoms with Crippen molar-refractivity contribution in [2.75, 3.05) is 31.5 Å². The van der Waals surface area contributed by atoms with Gasteiger partial charge in [0, 0.05) is 38.2 Å². The Labute approximate surface area is 173 Å². The lowest BCUT2D eigenvalue weighted by Crippen LogP contribution is -2.40. The number of aromatic nitrogens is 1. The highest BCUT2D eigenvalue weighted by atomic mass is 19.1. The van der Waals surface area contributed by atoms with Crippen LogP contribution in [0, 0.1) is 18.6 Å². The van der Waals surface area contributed by atoms with Gasteiger partial charge in [-0.05, 0) is 44.7 Å². The van der Waals surface area contributed by atoms with E-state index in [0.29, 0.717) is 43.3 Å². The molecule has 2 saturated heterocycles. The minimum Gasteiger partial charge on any atom is -0.445 e. The van der Waals surface area contributed by atoms with Gasteiger partial charge in [-0.25, -0.2) is 18.6 Å². The molecule has 1 aromatic heterocycles. The molecule has 0 atom stereocenters. The van der Waals surface area contributed by atoms with Crippen LogP contribution in [0.3, 0.4) is 0 Å². The Morgan fingerprint density at radius 2 is 1.80 bits per heavy atom. The van der Waals surface area contributed by atoms with Crippen LogP contribution in [0.15, 0.2) is 22.6 Å². The molecular formula is C21H24F2N4O3. The van der Waals surface area contributed by atoms with Crippen molar-refractivity contribution in [3.8, 4) is 0 Å². The Hall–Kier alpha value is -2.97. The SMILES string of the molecule is Cc1oc(C2CCN(C(=O)Nc3ccc(F)cc3F)CC2)nc1C(=O)N1CCCC1. The smallest absolute Gasteiger partial charge is 0.321 e. The van der Waals surface area contributed by atoms with Crippen LogP contribution in [0.5, 0.6) is 0 Å². The predicted octanol–water partition coefficient (Wildman–Crippen LogP) is 3.91. The van der Waals surface area contributed by atoms with Crippen molar-refractivity contribution in [2.24, 2.45) is 0 Å². The third-order valence-electron chi connectivity index (χ3n) is 5.71. The van der Waals surface area contributed by atoms with Gasteiger partial charge in [0.25, 0.3) is 5.91 Å². The van der Waals surface area contributed by atoms with Crippen molar-refractivity contribution in [2.45, 2.75) is 38.5 Å². The number of carbonyl (C=O) groups excluding carboxylic acids is 2. The number of hydrogen-bond acceptors (Lipinski definition) is 4. The molecule has 30 heavy (non-hydrogen) atoms. The van der Waals surface area contributed by atoms with Crippen LogP contribution in [0.1, 0.15) is 53.7 Å². The Morgan fingerprint density at radius 3 is 2.47 bits per heavy atom. The first-order chi connectivity index (χ1) is 14.4. The number of amides is 3. The molecule has 1 N–H and O–H groups in total. The first-order valence-corrected chi connectivity index (χ1v) is 10.2. The maximum atomic E-state index is 13.8. The monoisotopic (exact) mass is 418 g/mol. The molecule has 2 aliphatic heterocycles. The van der Waals surface area contributed by atoms with E-state index in [1.54, 1.807) is 16.7 Å². The fraction of sp³-hybridized carbons (Fsp3) is 0.476. The van der Waals surface area contributed by atoms with E-state index >= 15 is 0 Å². The van der Waals surface area contributed by atoms with Crippen molar-refractivity contribution in [3.05, 3.63) is 47.2 Å². The van der Waals surface area contributed by atoms with Crippen LogP contribution in [0.4, 0.5) is 19.3 Å². The molecule has 1 aromatic carbocycles. The molecule has 7 nitrogen and oxygen atoms in total. The first kappa shape index (κ1) is 20.3. The Morgan fingerprint density at radius 1 is 1.10 bits per heavy atom. The summed E-state index contributed by atoms with van der Waals surface area (Å²) < 4.78 is 32.6. The van der Waals surface area contributed by atoms with Gasteiger partial charge in [-0.3, -0.25) is 4.79 Å². The van der Waals surface area contributed by atoms with E-state index in [2.05, 4.69) is 10.3 Å². The Kier molecular flexibility index (Phi) is 5.69. The van der Waals surface area contributed by atoms with Gasteiger partial charge < -0.3 is 19.5 Å². The second-order valence-corrected chi connectivity index (χ2v) is 7.77. The lowest BCUT2D eigenvalue weighted by Gasteiger charge is -2.30. The number of carbonyl (C=O) groups is 2. The summed E-state index contributed by atoms with van der Waals surface area (Å²) in [6.07, 6.45) is 3.27. The number of nitrogens with one attached hydrogen (secondary N) is 1. The normalized spacial score (nSPS) is 17.4. The van der Waals surface area contributed by atoms with E-state index in [-0.39, 0.29) is 17.5 Å². The number of nitrogens with zero attached hydrogens (tertiary/aromatic N) is 3. The molecular weight excluding hydrogens is 394 g/mol. The maximum absolute atomic E-state index is 13.8. The van der Waals surface area contributed by atoms with Crippen LogP contribution in [0.2, 0.25) is 0 Å². The van der Waals surface area contributed by atoms with Gasteiger partial charge in [-0.15, -0.1) is 0 Å². The second kappa shape index (κ2) is 8.41. The molecule has 0 radical (unpaired) electrons. The van der Waals surface area contributed by atoms with Crippen LogP contribution >= 0.6 is 0 Å². The third kappa shape index (κ3) is 4.15. The third-order valence-corrected chi connectivity index (χ3v) is 5.71. The highest BCUT2D eigenvalue weighted by Crippen LogP contribution is 2.30.